The summed E-state index contributed by atoms with van der Waals surface area (Å²) in [5.74, 6) is 0.424. The van der Waals surface area contributed by atoms with Crippen molar-refractivity contribution in [2.24, 2.45) is 13.0 Å². The molecule has 0 unspecified atom stereocenters. The lowest BCUT2D eigenvalue weighted by molar-refractivity contribution is -0.137. The van der Waals surface area contributed by atoms with Gasteiger partial charge in [-0.2, -0.15) is 5.10 Å². The van der Waals surface area contributed by atoms with Crippen LogP contribution in [0.3, 0.4) is 0 Å². The number of nitrogens with one attached hydrogen (secondary N) is 2. The number of hydrogen-bond donors (Lipinski definition) is 2. The number of carbonyl (C=O) groups is 2. The Morgan fingerprint density at radius 1 is 1.27 bits per heavy atom. The van der Waals surface area contributed by atoms with Gasteiger partial charge < -0.3 is 15.5 Å². The number of aryl methyl sites for hydroxylation is 1. The molecule has 2 saturated heterocycles. The van der Waals surface area contributed by atoms with Gasteiger partial charge >= 0.3 is 0 Å². The Balaban J connectivity index is 1.52. The minimum atomic E-state index is -0.0324. The van der Waals surface area contributed by atoms with E-state index in [1.165, 1.54) is 0 Å². The van der Waals surface area contributed by atoms with Crippen LogP contribution in [-0.2, 0) is 16.6 Å². The van der Waals surface area contributed by atoms with Gasteiger partial charge in [0.05, 0.1) is 18.7 Å². The molecule has 8 nitrogen and oxygen atoms in total. The van der Waals surface area contributed by atoms with E-state index in [1.54, 1.807) is 4.68 Å². The fraction of sp³-hybridized carbons (Fsp3) is 0.722. The molecular formula is C18H30N6O2. The van der Waals surface area contributed by atoms with Crippen molar-refractivity contribution in [3.05, 3.63) is 18.0 Å². The largest absolute Gasteiger partial charge is 0.353 e. The van der Waals surface area contributed by atoms with Crippen molar-refractivity contribution in [3.63, 3.8) is 0 Å². The highest BCUT2D eigenvalue weighted by Gasteiger charge is 2.37. The quantitative estimate of drug-likeness (QED) is 0.730. The summed E-state index contributed by atoms with van der Waals surface area (Å²) < 4.78 is 1.79. The zero-order valence-corrected chi connectivity index (χ0v) is 15.9. The molecule has 0 bridgehead atoms. The predicted molar refractivity (Wildman–Crippen MR) is 98.6 cm³/mol. The molecule has 2 fully saturated rings. The van der Waals surface area contributed by atoms with Crippen LogP contribution in [-0.4, -0.2) is 83.2 Å². The summed E-state index contributed by atoms with van der Waals surface area (Å²) in [5, 5.41) is 10.5. The van der Waals surface area contributed by atoms with Crippen LogP contribution in [0.25, 0.3) is 0 Å². The molecule has 144 valence electrons. The van der Waals surface area contributed by atoms with Gasteiger partial charge in [-0.15, -0.1) is 0 Å². The normalized spacial score (nSPS) is 24.2. The second-order valence-corrected chi connectivity index (χ2v) is 7.64. The lowest BCUT2D eigenvalue weighted by Crippen LogP contribution is -2.53. The Bertz CT molecular complexity index is 635. The van der Waals surface area contributed by atoms with E-state index in [2.05, 4.69) is 20.6 Å². The maximum Gasteiger partial charge on any atom is 0.234 e. The number of aromatic nitrogens is 2. The molecule has 2 aliphatic rings. The number of rotatable bonds is 5. The molecule has 1 aromatic heterocycles. The second kappa shape index (κ2) is 8.18. The van der Waals surface area contributed by atoms with Crippen LogP contribution in [0.1, 0.15) is 25.3 Å². The van der Waals surface area contributed by atoms with Crippen LogP contribution >= 0.6 is 0 Å². The van der Waals surface area contributed by atoms with Gasteiger partial charge in [-0.05, 0) is 19.4 Å². The van der Waals surface area contributed by atoms with E-state index in [0.29, 0.717) is 19.6 Å². The van der Waals surface area contributed by atoms with Crippen molar-refractivity contribution in [1.82, 2.24) is 30.2 Å². The van der Waals surface area contributed by atoms with Gasteiger partial charge in [0.15, 0.2) is 0 Å². The van der Waals surface area contributed by atoms with Crippen LogP contribution in [0.15, 0.2) is 12.4 Å². The first-order valence-corrected chi connectivity index (χ1v) is 9.44. The third-order valence-corrected chi connectivity index (χ3v) is 5.19. The first-order chi connectivity index (χ1) is 12.4. The van der Waals surface area contributed by atoms with E-state index in [9.17, 15) is 9.59 Å². The summed E-state index contributed by atoms with van der Waals surface area (Å²) in [6, 6.07) is 0.157. The standard InChI is InChI=1S/C18H30N6O2/c1-13(2)21-17(25)12-23-4-6-24(7-5-23)18(26)16-10-19-9-15(16)14-8-20-22(3)11-14/h8,11,13,15-16,19H,4-7,9-10,12H2,1-3H3,(H,21,25)/t15-,16+/m1/s1. The van der Waals surface area contributed by atoms with Gasteiger partial charge in [-0.1, -0.05) is 0 Å². The number of amides is 2. The molecule has 8 heteroatoms. The van der Waals surface area contributed by atoms with Crippen molar-refractivity contribution >= 4 is 11.8 Å². The highest BCUT2D eigenvalue weighted by molar-refractivity contribution is 5.81. The van der Waals surface area contributed by atoms with E-state index in [-0.39, 0.29) is 29.7 Å². The van der Waals surface area contributed by atoms with Gasteiger partial charge in [0.2, 0.25) is 11.8 Å². The maximum absolute atomic E-state index is 13.0. The first kappa shape index (κ1) is 18.8. The Labute approximate surface area is 154 Å². The molecule has 3 heterocycles. The van der Waals surface area contributed by atoms with Gasteiger partial charge in [0.25, 0.3) is 0 Å². The lowest BCUT2D eigenvalue weighted by Gasteiger charge is -2.36. The van der Waals surface area contributed by atoms with Gasteiger partial charge in [-0.25, -0.2) is 0 Å². The third kappa shape index (κ3) is 4.42. The predicted octanol–water partition coefficient (Wildman–Crippen LogP) is -0.608. The summed E-state index contributed by atoms with van der Waals surface area (Å²) in [7, 11) is 1.90. The van der Waals surface area contributed by atoms with Crippen molar-refractivity contribution in [1.29, 1.82) is 0 Å². The van der Waals surface area contributed by atoms with Crippen molar-refractivity contribution in [2.45, 2.75) is 25.8 Å². The van der Waals surface area contributed by atoms with E-state index in [4.69, 9.17) is 0 Å². The second-order valence-electron chi connectivity index (χ2n) is 7.64. The molecule has 2 N–H and O–H groups in total. The average molecular weight is 362 g/mol. The molecule has 2 atom stereocenters. The van der Waals surface area contributed by atoms with Gasteiger partial charge in [0, 0.05) is 64.5 Å². The van der Waals surface area contributed by atoms with Crippen LogP contribution in [0.2, 0.25) is 0 Å². The molecule has 3 rings (SSSR count). The van der Waals surface area contributed by atoms with Crippen molar-refractivity contribution in [3.8, 4) is 0 Å². The first-order valence-electron chi connectivity index (χ1n) is 9.44. The zero-order valence-electron chi connectivity index (χ0n) is 15.9. The SMILES string of the molecule is CC(C)NC(=O)CN1CCN(C(=O)[C@H]2CNC[C@@H]2c2cnn(C)c2)CC1. The molecule has 0 aliphatic carbocycles. The lowest BCUT2D eigenvalue weighted by atomic mass is 9.89. The fourth-order valence-electron chi connectivity index (χ4n) is 3.85. The molecule has 2 amide bonds. The van der Waals surface area contributed by atoms with E-state index in [1.807, 2.05) is 38.2 Å². The number of hydrogen-bond acceptors (Lipinski definition) is 5. The van der Waals surface area contributed by atoms with Crippen LogP contribution < -0.4 is 10.6 Å². The Kier molecular flexibility index (Phi) is 5.93. The topological polar surface area (TPSA) is 82.5 Å². The average Bonchev–Trinajstić information content (AvgIpc) is 3.22. The summed E-state index contributed by atoms with van der Waals surface area (Å²) in [4.78, 5) is 29.0. The number of nitrogens with zero attached hydrogens (tertiary/aromatic N) is 4. The molecule has 0 saturated carbocycles. The molecule has 0 aromatic carbocycles. The van der Waals surface area contributed by atoms with Gasteiger partial charge in [0.1, 0.15) is 0 Å². The summed E-state index contributed by atoms with van der Waals surface area (Å²) in [6.45, 7) is 8.72. The van der Waals surface area contributed by atoms with Crippen LogP contribution in [0, 0.1) is 5.92 Å². The van der Waals surface area contributed by atoms with Crippen LogP contribution in [0.5, 0.6) is 0 Å². The molecule has 0 spiro atoms. The van der Waals surface area contributed by atoms with Gasteiger partial charge in [-0.3, -0.25) is 19.2 Å². The highest BCUT2D eigenvalue weighted by atomic mass is 16.2. The molecule has 2 aliphatic heterocycles. The zero-order chi connectivity index (χ0) is 18.7. The molecule has 1 aromatic rings. The summed E-state index contributed by atoms with van der Waals surface area (Å²) in [6.07, 6.45) is 3.87. The Morgan fingerprint density at radius 3 is 2.62 bits per heavy atom. The monoisotopic (exact) mass is 362 g/mol. The van der Waals surface area contributed by atoms with E-state index in [0.717, 1.165) is 31.7 Å². The van der Waals surface area contributed by atoms with E-state index >= 15 is 0 Å². The minimum Gasteiger partial charge on any atom is -0.353 e. The van der Waals surface area contributed by atoms with Crippen LogP contribution in [0.4, 0.5) is 0 Å². The minimum absolute atomic E-state index is 0.0324. The van der Waals surface area contributed by atoms with Crippen molar-refractivity contribution in [2.75, 3.05) is 45.8 Å². The highest BCUT2D eigenvalue weighted by Crippen LogP contribution is 2.29. The Hall–Kier alpha value is -1.93. The molecule has 0 radical (unpaired) electrons. The van der Waals surface area contributed by atoms with Crippen molar-refractivity contribution < 1.29 is 9.59 Å². The summed E-state index contributed by atoms with van der Waals surface area (Å²) in [5.41, 5.74) is 1.12. The fourth-order valence-corrected chi connectivity index (χ4v) is 3.85. The number of piperazine rings is 1. The maximum atomic E-state index is 13.0. The summed E-state index contributed by atoms with van der Waals surface area (Å²) >= 11 is 0. The Morgan fingerprint density at radius 2 is 2.00 bits per heavy atom. The smallest absolute Gasteiger partial charge is 0.234 e. The third-order valence-electron chi connectivity index (χ3n) is 5.19. The molecular weight excluding hydrogens is 332 g/mol. The molecule has 26 heavy (non-hydrogen) atoms. The van der Waals surface area contributed by atoms with E-state index < -0.39 is 0 Å². The number of carbonyl (C=O) groups excluding carboxylic acids is 2.